The van der Waals surface area contributed by atoms with E-state index in [1.807, 2.05) is 6.07 Å². The van der Waals surface area contributed by atoms with Crippen molar-refractivity contribution in [3.63, 3.8) is 0 Å². The number of methoxy groups -OCH3 is 1. The van der Waals surface area contributed by atoms with Crippen LogP contribution in [0.15, 0.2) is 24.3 Å². The molecule has 0 aliphatic heterocycles. The van der Waals surface area contributed by atoms with Gasteiger partial charge >= 0.3 is 6.18 Å². The normalized spacial score (nSPS) is 15.1. The van der Waals surface area contributed by atoms with E-state index in [9.17, 15) is 18.3 Å². The quantitative estimate of drug-likeness (QED) is 0.858. The summed E-state index contributed by atoms with van der Waals surface area (Å²) in [6.45, 7) is 1.56. The van der Waals surface area contributed by atoms with Crippen LogP contribution in [0.3, 0.4) is 0 Å². The molecule has 0 fully saturated rings. The highest BCUT2D eigenvalue weighted by Crippen LogP contribution is 2.27. The van der Waals surface area contributed by atoms with Crippen LogP contribution in [0.5, 0.6) is 5.75 Å². The molecule has 1 aromatic rings. The van der Waals surface area contributed by atoms with Crippen molar-refractivity contribution in [3.05, 3.63) is 29.8 Å². The maximum absolute atomic E-state index is 12.1. The first-order valence-electron chi connectivity index (χ1n) is 6.14. The standard InChI is InChI=1S/C14H19F3O2/c1-13(18,7-4-8-14(15,16)17)10-11-5-3-6-12(9-11)19-2/h3,5-6,9,18H,4,7-8,10H2,1-2H3. The van der Waals surface area contributed by atoms with Crippen molar-refractivity contribution in [2.45, 2.75) is 44.4 Å². The lowest BCUT2D eigenvalue weighted by Crippen LogP contribution is -2.27. The molecule has 0 saturated carbocycles. The molecular formula is C14H19F3O2. The van der Waals surface area contributed by atoms with Crippen LogP contribution in [0, 0.1) is 0 Å². The van der Waals surface area contributed by atoms with E-state index in [1.54, 1.807) is 32.2 Å². The fraction of sp³-hybridized carbons (Fsp3) is 0.571. The Kier molecular flexibility index (Phi) is 5.23. The Labute approximate surface area is 111 Å². The Morgan fingerprint density at radius 3 is 2.47 bits per heavy atom. The summed E-state index contributed by atoms with van der Waals surface area (Å²) in [5, 5.41) is 10.1. The first kappa shape index (κ1) is 15.8. The van der Waals surface area contributed by atoms with Gasteiger partial charge in [0.1, 0.15) is 5.75 Å². The highest BCUT2D eigenvalue weighted by atomic mass is 19.4. The lowest BCUT2D eigenvalue weighted by molar-refractivity contribution is -0.137. The predicted molar refractivity (Wildman–Crippen MR) is 67.2 cm³/mol. The van der Waals surface area contributed by atoms with Crippen molar-refractivity contribution in [2.24, 2.45) is 0 Å². The third-order valence-corrected chi connectivity index (χ3v) is 2.89. The maximum Gasteiger partial charge on any atom is 0.389 e. The van der Waals surface area contributed by atoms with Crippen LogP contribution in [0.1, 0.15) is 31.7 Å². The molecule has 108 valence electrons. The Morgan fingerprint density at radius 2 is 1.89 bits per heavy atom. The molecule has 0 amide bonds. The minimum atomic E-state index is -4.16. The fourth-order valence-corrected chi connectivity index (χ4v) is 1.98. The molecule has 1 atom stereocenters. The maximum atomic E-state index is 12.1. The van der Waals surface area contributed by atoms with Crippen LogP contribution in [-0.4, -0.2) is 24.0 Å². The highest BCUT2D eigenvalue weighted by Gasteiger charge is 2.29. The Morgan fingerprint density at radius 1 is 1.21 bits per heavy atom. The second kappa shape index (κ2) is 6.28. The number of ether oxygens (including phenoxy) is 1. The SMILES string of the molecule is COc1cccc(CC(C)(O)CCCC(F)(F)F)c1. The predicted octanol–water partition coefficient (Wildman–Crippen LogP) is 3.72. The van der Waals surface area contributed by atoms with Gasteiger partial charge in [-0.25, -0.2) is 0 Å². The van der Waals surface area contributed by atoms with E-state index in [1.165, 1.54) is 0 Å². The average Bonchev–Trinajstić information content (AvgIpc) is 2.26. The van der Waals surface area contributed by atoms with Crippen molar-refractivity contribution >= 4 is 0 Å². The second-order valence-electron chi connectivity index (χ2n) is 4.99. The van der Waals surface area contributed by atoms with Gasteiger partial charge in [-0.3, -0.25) is 0 Å². The molecule has 5 heteroatoms. The zero-order valence-corrected chi connectivity index (χ0v) is 11.1. The van der Waals surface area contributed by atoms with Gasteiger partial charge in [-0.15, -0.1) is 0 Å². The van der Waals surface area contributed by atoms with Crippen molar-refractivity contribution in [1.29, 1.82) is 0 Å². The average molecular weight is 276 g/mol. The van der Waals surface area contributed by atoms with Crippen LogP contribution < -0.4 is 4.74 Å². The zero-order chi connectivity index (χ0) is 14.5. The van der Waals surface area contributed by atoms with E-state index in [4.69, 9.17) is 4.74 Å². The topological polar surface area (TPSA) is 29.5 Å². The molecule has 0 bridgehead atoms. The number of halogens is 3. The monoisotopic (exact) mass is 276 g/mol. The number of hydrogen-bond donors (Lipinski definition) is 1. The number of alkyl halides is 3. The van der Waals surface area contributed by atoms with Crippen LogP contribution in [-0.2, 0) is 6.42 Å². The van der Waals surface area contributed by atoms with E-state index >= 15 is 0 Å². The first-order chi connectivity index (χ1) is 8.72. The number of hydrogen-bond acceptors (Lipinski definition) is 2. The van der Waals surface area contributed by atoms with Crippen molar-refractivity contribution in [3.8, 4) is 5.75 Å². The van der Waals surface area contributed by atoms with Gasteiger partial charge in [-0.1, -0.05) is 12.1 Å². The Hall–Kier alpha value is -1.23. The molecule has 0 saturated heterocycles. The van der Waals surface area contributed by atoms with Gasteiger partial charge in [0.2, 0.25) is 0 Å². The van der Waals surface area contributed by atoms with Gasteiger partial charge in [-0.2, -0.15) is 13.2 Å². The van der Waals surface area contributed by atoms with Gasteiger partial charge in [0.05, 0.1) is 12.7 Å². The van der Waals surface area contributed by atoms with Gasteiger partial charge in [0.15, 0.2) is 0 Å². The highest BCUT2D eigenvalue weighted by molar-refractivity contribution is 5.29. The van der Waals surface area contributed by atoms with E-state index in [2.05, 4.69) is 0 Å². The second-order valence-corrected chi connectivity index (χ2v) is 4.99. The van der Waals surface area contributed by atoms with E-state index < -0.39 is 18.2 Å². The first-order valence-corrected chi connectivity index (χ1v) is 6.14. The molecule has 0 radical (unpaired) electrons. The van der Waals surface area contributed by atoms with Gasteiger partial charge < -0.3 is 9.84 Å². The van der Waals surface area contributed by atoms with Crippen LogP contribution in [0.25, 0.3) is 0 Å². The number of rotatable bonds is 6. The lowest BCUT2D eigenvalue weighted by Gasteiger charge is -2.23. The van der Waals surface area contributed by atoms with Gasteiger partial charge in [0, 0.05) is 12.8 Å². The summed E-state index contributed by atoms with van der Waals surface area (Å²) in [5.41, 5.74) is -0.297. The largest absolute Gasteiger partial charge is 0.497 e. The molecule has 0 spiro atoms. The van der Waals surface area contributed by atoms with E-state index in [0.717, 1.165) is 5.56 Å². The Bertz CT molecular complexity index is 400. The number of benzene rings is 1. The van der Waals surface area contributed by atoms with Gasteiger partial charge in [-0.05, 0) is 37.5 Å². The molecule has 19 heavy (non-hydrogen) atoms. The summed E-state index contributed by atoms with van der Waals surface area (Å²) in [7, 11) is 1.54. The third kappa shape index (κ3) is 6.47. The molecule has 0 heterocycles. The molecule has 1 aromatic carbocycles. The minimum Gasteiger partial charge on any atom is -0.497 e. The molecule has 0 aromatic heterocycles. The van der Waals surface area contributed by atoms with Crippen LogP contribution in [0.4, 0.5) is 13.2 Å². The third-order valence-electron chi connectivity index (χ3n) is 2.89. The molecule has 0 aliphatic rings. The van der Waals surface area contributed by atoms with E-state index in [0.29, 0.717) is 12.2 Å². The van der Waals surface area contributed by atoms with Crippen molar-refractivity contribution < 1.29 is 23.0 Å². The zero-order valence-electron chi connectivity index (χ0n) is 11.1. The summed E-state index contributed by atoms with van der Waals surface area (Å²) in [6, 6.07) is 7.17. The minimum absolute atomic E-state index is 0.0690. The van der Waals surface area contributed by atoms with Crippen molar-refractivity contribution in [2.75, 3.05) is 7.11 Å². The lowest BCUT2D eigenvalue weighted by atomic mass is 9.91. The van der Waals surface area contributed by atoms with Crippen LogP contribution >= 0.6 is 0 Å². The van der Waals surface area contributed by atoms with Crippen molar-refractivity contribution in [1.82, 2.24) is 0 Å². The van der Waals surface area contributed by atoms with Crippen LogP contribution in [0.2, 0.25) is 0 Å². The molecule has 1 N–H and O–H groups in total. The fourth-order valence-electron chi connectivity index (χ4n) is 1.98. The molecule has 1 unspecified atom stereocenters. The smallest absolute Gasteiger partial charge is 0.389 e. The summed E-state index contributed by atoms with van der Waals surface area (Å²) >= 11 is 0. The molecule has 1 rings (SSSR count). The van der Waals surface area contributed by atoms with E-state index in [-0.39, 0.29) is 12.8 Å². The summed E-state index contributed by atoms with van der Waals surface area (Å²) in [6.07, 6.45) is -4.67. The number of aliphatic hydroxyl groups is 1. The molecule has 2 nitrogen and oxygen atoms in total. The van der Waals surface area contributed by atoms with Gasteiger partial charge in [0.25, 0.3) is 0 Å². The molecule has 0 aliphatic carbocycles. The summed E-state index contributed by atoms with van der Waals surface area (Å²) < 4.78 is 41.2. The summed E-state index contributed by atoms with van der Waals surface area (Å²) in [5.74, 6) is 0.670. The molecular weight excluding hydrogens is 257 g/mol. The summed E-state index contributed by atoms with van der Waals surface area (Å²) in [4.78, 5) is 0. The Balaban J connectivity index is 2.53.